The van der Waals surface area contributed by atoms with Gasteiger partial charge in [-0.1, -0.05) is 110 Å². The topological polar surface area (TPSA) is 92.2 Å². The van der Waals surface area contributed by atoms with E-state index in [0.717, 1.165) is 41.0 Å². The molecule has 5 aromatic rings. The monoisotopic (exact) mass is 799 g/mol. The smallest absolute Gasteiger partial charge is 0.266 e. The normalized spacial score (nSPS) is 16.9. The Morgan fingerprint density at radius 2 is 1.59 bits per heavy atom. The standard InChI is InChI=1S/C39H35Br2N3O4S/c40-30-19-15-27(16-20-30)25-39(38(46)44-42-26-29-9-4-7-14-35(29)49-32-10-2-1-3-11-32)36(33-12-5-6-13-34(33)41)48-37(43-39)28-17-21-31(22-18-28)47-24-8-23-45/h1-7,9-22,36,42,45H,8,23-26H2,(H,44,46)/t36-,39-/m0/s1. The third-order valence-electron chi connectivity index (χ3n) is 8.03. The molecule has 1 amide bonds. The van der Waals surface area contributed by atoms with Crippen LogP contribution in [0.4, 0.5) is 0 Å². The van der Waals surface area contributed by atoms with Crippen LogP contribution in [0.1, 0.15) is 34.8 Å². The third-order valence-corrected chi connectivity index (χ3v) is 10.4. The van der Waals surface area contributed by atoms with Crippen molar-refractivity contribution in [1.29, 1.82) is 0 Å². The number of halogens is 2. The molecule has 250 valence electrons. The summed E-state index contributed by atoms with van der Waals surface area (Å²) in [4.78, 5) is 22.0. The summed E-state index contributed by atoms with van der Waals surface area (Å²) in [7, 11) is 0. The van der Waals surface area contributed by atoms with Crippen LogP contribution < -0.4 is 15.6 Å². The number of nitrogens with zero attached hydrogens (tertiary/aromatic N) is 1. The van der Waals surface area contributed by atoms with Gasteiger partial charge in [-0.2, -0.15) is 0 Å². The second kappa shape index (κ2) is 16.7. The third kappa shape index (κ3) is 8.63. The van der Waals surface area contributed by atoms with E-state index in [1.54, 1.807) is 11.8 Å². The highest BCUT2D eigenvalue weighted by Crippen LogP contribution is 2.44. The predicted molar refractivity (Wildman–Crippen MR) is 201 cm³/mol. The van der Waals surface area contributed by atoms with Crippen molar-refractivity contribution in [3.05, 3.63) is 159 Å². The molecule has 0 spiro atoms. The molecule has 0 saturated heterocycles. The van der Waals surface area contributed by atoms with Gasteiger partial charge in [0.1, 0.15) is 5.75 Å². The van der Waals surface area contributed by atoms with Gasteiger partial charge in [-0.3, -0.25) is 10.2 Å². The first-order valence-electron chi connectivity index (χ1n) is 15.9. The molecule has 2 atom stereocenters. The molecule has 1 heterocycles. The van der Waals surface area contributed by atoms with Gasteiger partial charge in [-0.25, -0.2) is 10.4 Å². The molecule has 0 saturated carbocycles. The van der Waals surface area contributed by atoms with Gasteiger partial charge in [-0.05, 0) is 71.8 Å². The van der Waals surface area contributed by atoms with E-state index in [0.29, 0.717) is 31.2 Å². The number of hydrogen-bond donors (Lipinski definition) is 3. The van der Waals surface area contributed by atoms with Gasteiger partial charge in [0.05, 0.1) is 6.61 Å². The SMILES string of the molecule is O=C(NNCc1ccccc1Sc1ccccc1)[C@@]1(Cc2ccc(Br)cc2)N=C(c2ccc(OCCCO)cc2)O[C@H]1c1ccccc1Br. The summed E-state index contributed by atoms with van der Waals surface area (Å²) in [6.45, 7) is 0.886. The van der Waals surface area contributed by atoms with E-state index in [1.165, 1.54) is 0 Å². The van der Waals surface area contributed by atoms with Gasteiger partial charge in [-0.15, -0.1) is 0 Å². The lowest BCUT2D eigenvalue weighted by Crippen LogP contribution is -2.53. The summed E-state index contributed by atoms with van der Waals surface area (Å²) in [6, 6.07) is 41.5. The van der Waals surface area contributed by atoms with Crippen molar-refractivity contribution < 1.29 is 19.4 Å². The molecule has 0 fully saturated rings. The molecule has 7 nitrogen and oxygen atoms in total. The van der Waals surface area contributed by atoms with Crippen LogP contribution in [0.2, 0.25) is 0 Å². The van der Waals surface area contributed by atoms with Crippen molar-refractivity contribution >= 4 is 55.4 Å². The van der Waals surface area contributed by atoms with Crippen LogP contribution in [0.15, 0.2) is 151 Å². The van der Waals surface area contributed by atoms with E-state index in [4.69, 9.17) is 19.6 Å². The van der Waals surface area contributed by atoms with Gasteiger partial charge in [0.2, 0.25) is 5.90 Å². The van der Waals surface area contributed by atoms with Crippen LogP contribution in [0, 0.1) is 0 Å². The molecule has 5 aromatic carbocycles. The molecular formula is C39H35Br2N3O4S. The quantitative estimate of drug-likeness (QED) is 0.0772. The van der Waals surface area contributed by atoms with Gasteiger partial charge >= 0.3 is 0 Å². The van der Waals surface area contributed by atoms with Gasteiger partial charge < -0.3 is 14.6 Å². The van der Waals surface area contributed by atoms with Crippen molar-refractivity contribution in [2.45, 2.75) is 40.8 Å². The van der Waals surface area contributed by atoms with Crippen LogP contribution in [-0.2, 0) is 22.5 Å². The fourth-order valence-electron chi connectivity index (χ4n) is 5.55. The second-order valence-electron chi connectivity index (χ2n) is 11.4. The minimum Gasteiger partial charge on any atom is -0.494 e. The first kappa shape index (κ1) is 34.9. The van der Waals surface area contributed by atoms with Crippen LogP contribution in [0.25, 0.3) is 0 Å². The lowest BCUT2D eigenvalue weighted by molar-refractivity contribution is -0.130. The number of rotatable bonds is 14. The molecule has 3 N–H and O–H groups in total. The first-order chi connectivity index (χ1) is 23.9. The molecule has 49 heavy (non-hydrogen) atoms. The Kier molecular flexibility index (Phi) is 11.9. The van der Waals surface area contributed by atoms with Crippen LogP contribution in [0.5, 0.6) is 5.75 Å². The number of carbonyl (C=O) groups is 1. The Morgan fingerprint density at radius 3 is 2.35 bits per heavy atom. The summed E-state index contributed by atoms with van der Waals surface area (Å²) in [5.41, 5.74) is 8.36. The second-order valence-corrected chi connectivity index (χ2v) is 14.3. The number of nitrogens with one attached hydrogen (secondary N) is 2. The van der Waals surface area contributed by atoms with Crippen LogP contribution in [-0.4, -0.2) is 35.7 Å². The Hall–Kier alpha value is -3.93. The molecule has 1 aliphatic heterocycles. The van der Waals surface area contributed by atoms with E-state index in [-0.39, 0.29) is 18.9 Å². The highest BCUT2D eigenvalue weighted by atomic mass is 79.9. The lowest BCUT2D eigenvalue weighted by atomic mass is 9.82. The number of hydrazine groups is 1. The first-order valence-corrected chi connectivity index (χ1v) is 18.3. The largest absolute Gasteiger partial charge is 0.494 e. The van der Waals surface area contributed by atoms with Crippen molar-refractivity contribution in [2.75, 3.05) is 13.2 Å². The summed E-state index contributed by atoms with van der Waals surface area (Å²) < 4.78 is 14.2. The van der Waals surface area contributed by atoms with E-state index < -0.39 is 11.6 Å². The zero-order valence-electron chi connectivity index (χ0n) is 26.5. The maximum absolute atomic E-state index is 14.6. The Labute approximate surface area is 307 Å². The molecule has 10 heteroatoms. The Morgan fingerprint density at radius 1 is 0.878 bits per heavy atom. The van der Waals surface area contributed by atoms with Crippen molar-refractivity contribution in [2.24, 2.45) is 4.99 Å². The number of ether oxygens (including phenoxy) is 2. The highest BCUT2D eigenvalue weighted by molar-refractivity contribution is 9.10. The molecule has 1 aliphatic rings. The van der Waals surface area contributed by atoms with E-state index in [2.05, 4.69) is 67.0 Å². The Bertz CT molecular complexity index is 1890. The number of aliphatic imine (C=N–C) groups is 1. The molecule has 0 aliphatic carbocycles. The van der Waals surface area contributed by atoms with E-state index >= 15 is 0 Å². The van der Waals surface area contributed by atoms with Gasteiger partial charge in [0, 0.05) is 55.9 Å². The number of carbonyl (C=O) groups excluding carboxylic acids is 1. The highest BCUT2D eigenvalue weighted by Gasteiger charge is 2.54. The average molecular weight is 802 g/mol. The number of hydrogen-bond acceptors (Lipinski definition) is 7. The van der Waals surface area contributed by atoms with Crippen molar-refractivity contribution in [3.8, 4) is 5.75 Å². The van der Waals surface area contributed by atoms with Crippen molar-refractivity contribution in [3.63, 3.8) is 0 Å². The zero-order chi connectivity index (χ0) is 34.1. The van der Waals surface area contributed by atoms with E-state index in [9.17, 15) is 4.79 Å². The molecule has 0 unspecified atom stereocenters. The number of aliphatic hydroxyl groups is 1. The van der Waals surface area contributed by atoms with Gasteiger partial charge in [0.15, 0.2) is 11.6 Å². The fraction of sp³-hybridized carbons (Fsp3) is 0.179. The maximum Gasteiger partial charge on any atom is 0.266 e. The molecule has 0 bridgehead atoms. The zero-order valence-corrected chi connectivity index (χ0v) is 30.5. The number of aliphatic hydroxyl groups excluding tert-OH is 1. The molecule has 6 rings (SSSR count). The fourth-order valence-corrected chi connectivity index (χ4v) is 7.28. The summed E-state index contributed by atoms with van der Waals surface area (Å²) in [5, 5.41) is 9.11. The molecule has 0 aromatic heterocycles. The minimum atomic E-state index is -1.37. The average Bonchev–Trinajstić information content (AvgIpc) is 3.51. The molecular weight excluding hydrogens is 766 g/mol. The van der Waals surface area contributed by atoms with E-state index in [1.807, 2.05) is 103 Å². The number of amides is 1. The van der Waals surface area contributed by atoms with Crippen molar-refractivity contribution in [1.82, 2.24) is 10.9 Å². The number of benzene rings is 5. The summed E-state index contributed by atoms with van der Waals surface area (Å²) in [6.07, 6.45) is 0.0844. The van der Waals surface area contributed by atoms with Crippen LogP contribution >= 0.6 is 43.6 Å². The summed E-state index contributed by atoms with van der Waals surface area (Å²) in [5.74, 6) is 0.717. The lowest BCUT2D eigenvalue weighted by Gasteiger charge is -2.31. The van der Waals surface area contributed by atoms with Crippen LogP contribution in [0.3, 0.4) is 0 Å². The maximum atomic E-state index is 14.6. The summed E-state index contributed by atoms with van der Waals surface area (Å²) >= 11 is 8.93. The Balaban J connectivity index is 1.32. The molecule has 0 radical (unpaired) electrons. The predicted octanol–water partition coefficient (Wildman–Crippen LogP) is 8.44. The minimum absolute atomic E-state index is 0.0652. The van der Waals surface area contributed by atoms with Gasteiger partial charge in [0.25, 0.3) is 5.91 Å².